The number of aromatic nitrogens is 1. The Morgan fingerprint density at radius 1 is 1.00 bits per heavy atom. The Morgan fingerprint density at radius 3 is 2.67 bits per heavy atom. The minimum atomic E-state index is 0.689. The Kier molecular flexibility index (Phi) is 4.48. The van der Waals surface area contributed by atoms with E-state index in [1.807, 2.05) is 30.3 Å². The lowest BCUT2D eigenvalue weighted by atomic mass is 10.2. The zero-order valence-electron chi connectivity index (χ0n) is 11.8. The molecule has 108 valence electrons. The van der Waals surface area contributed by atoms with Crippen LogP contribution in [0.15, 0.2) is 48.5 Å². The number of nitrogens with zero attached hydrogens (tertiary/aromatic N) is 1. The lowest BCUT2D eigenvalue weighted by molar-refractivity contribution is 0.311. The molecule has 3 nitrogen and oxygen atoms in total. The average Bonchev–Trinajstić information content (AvgIpc) is 2.97. The summed E-state index contributed by atoms with van der Waals surface area (Å²) in [5.41, 5.74) is 7.60. The molecule has 1 heterocycles. The molecule has 3 rings (SSSR count). The van der Waals surface area contributed by atoms with E-state index < -0.39 is 0 Å². The first-order valence-corrected chi connectivity index (χ1v) is 7.98. The number of hydrogen-bond donors (Lipinski definition) is 1. The second kappa shape index (κ2) is 6.70. The van der Waals surface area contributed by atoms with Gasteiger partial charge in [-0.3, -0.25) is 0 Å². The fraction of sp³-hybridized carbons (Fsp3) is 0.235. The standard InChI is InChI=1S/C17H18N2OS/c18-11-4-5-12-20-14-9-6-10-15-16(14)19-17(21-15)13-7-2-1-3-8-13/h1-3,6-10H,4-5,11-12,18H2. The van der Waals surface area contributed by atoms with Crippen molar-refractivity contribution in [3.05, 3.63) is 48.5 Å². The van der Waals surface area contributed by atoms with Gasteiger partial charge < -0.3 is 10.5 Å². The smallest absolute Gasteiger partial charge is 0.146 e. The molecule has 0 saturated heterocycles. The van der Waals surface area contributed by atoms with E-state index in [4.69, 9.17) is 15.5 Å². The lowest BCUT2D eigenvalue weighted by Gasteiger charge is -2.05. The van der Waals surface area contributed by atoms with E-state index in [0.717, 1.165) is 39.4 Å². The molecule has 0 amide bonds. The van der Waals surface area contributed by atoms with Crippen LogP contribution >= 0.6 is 11.3 Å². The van der Waals surface area contributed by atoms with E-state index >= 15 is 0 Å². The van der Waals surface area contributed by atoms with Crippen LogP contribution < -0.4 is 10.5 Å². The SMILES string of the molecule is NCCCCOc1cccc2sc(-c3ccccc3)nc12. The van der Waals surface area contributed by atoms with Crippen LogP contribution in [0, 0.1) is 0 Å². The quantitative estimate of drug-likeness (QED) is 0.697. The number of unbranched alkanes of at least 4 members (excludes halogenated alkanes) is 1. The molecule has 0 saturated carbocycles. The van der Waals surface area contributed by atoms with Crippen molar-refractivity contribution in [3.63, 3.8) is 0 Å². The van der Waals surface area contributed by atoms with Crippen molar-refractivity contribution >= 4 is 21.6 Å². The van der Waals surface area contributed by atoms with E-state index in [-0.39, 0.29) is 0 Å². The summed E-state index contributed by atoms with van der Waals surface area (Å²) >= 11 is 1.70. The maximum Gasteiger partial charge on any atom is 0.146 e. The molecule has 0 bridgehead atoms. The fourth-order valence-electron chi connectivity index (χ4n) is 2.17. The summed E-state index contributed by atoms with van der Waals surface area (Å²) in [5.74, 6) is 0.864. The lowest BCUT2D eigenvalue weighted by Crippen LogP contribution is -2.03. The Balaban J connectivity index is 1.87. The third-order valence-corrected chi connectivity index (χ3v) is 4.33. The molecule has 0 aliphatic heterocycles. The molecule has 0 aliphatic carbocycles. The van der Waals surface area contributed by atoms with Gasteiger partial charge in [-0.15, -0.1) is 11.3 Å². The van der Waals surface area contributed by atoms with Gasteiger partial charge in [0, 0.05) is 5.56 Å². The molecule has 0 atom stereocenters. The van der Waals surface area contributed by atoms with E-state index in [0.29, 0.717) is 13.2 Å². The second-order valence-electron chi connectivity index (χ2n) is 4.83. The fourth-order valence-corrected chi connectivity index (χ4v) is 3.16. The molecule has 21 heavy (non-hydrogen) atoms. The van der Waals surface area contributed by atoms with Gasteiger partial charge in [0.2, 0.25) is 0 Å². The summed E-state index contributed by atoms with van der Waals surface area (Å²) < 4.78 is 7.02. The zero-order chi connectivity index (χ0) is 14.5. The summed E-state index contributed by atoms with van der Waals surface area (Å²) in [7, 11) is 0. The molecule has 0 unspecified atom stereocenters. The van der Waals surface area contributed by atoms with Gasteiger partial charge in [0.1, 0.15) is 16.3 Å². The number of benzene rings is 2. The number of nitrogens with two attached hydrogens (primary N) is 1. The van der Waals surface area contributed by atoms with E-state index in [2.05, 4.69) is 18.2 Å². The van der Waals surface area contributed by atoms with Crippen LogP contribution in [0.4, 0.5) is 0 Å². The maximum absolute atomic E-state index is 5.86. The molecule has 2 N–H and O–H groups in total. The Bertz CT molecular complexity index is 709. The molecule has 4 heteroatoms. The second-order valence-corrected chi connectivity index (χ2v) is 5.86. The first-order valence-electron chi connectivity index (χ1n) is 7.16. The minimum Gasteiger partial charge on any atom is -0.491 e. The van der Waals surface area contributed by atoms with E-state index in [1.54, 1.807) is 11.3 Å². The Hall–Kier alpha value is -1.91. The van der Waals surface area contributed by atoms with Crippen molar-refractivity contribution in [3.8, 4) is 16.3 Å². The number of ether oxygens (including phenoxy) is 1. The largest absolute Gasteiger partial charge is 0.491 e. The molecule has 0 radical (unpaired) electrons. The molecule has 0 spiro atoms. The third kappa shape index (κ3) is 3.23. The van der Waals surface area contributed by atoms with Gasteiger partial charge in [-0.1, -0.05) is 36.4 Å². The van der Waals surface area contributed by atoms with Gasteiger partial charge in [-0.2, -0.15) is 0 Å². The monoisotopic (exact) mass is 298 g/mol. The van der Waals surface area contributed by atoms with Crippen LogP contribution in [0.2, 0.25) is 0 Å². The molecule has 3 aromatic rings. The van der Waals surface area contributed by atoms with Crippen molar-refractivity contribution in [2.24, 2.45) is 5.73 Å². The van der Waals surface area contributed by atoms with E-state index in [1.165, 1.54) is 0 Å². The third-order valence-electron chi connectivity index (χ3n) is 3.26. The molecule has 2 aromatic carbocycles. The van der Waals surface area contributed by atoms with Gasteiger partial charge in [0.25, 0.3) is 0 Å². The Labute approximate surface area is 128 Å². The Morgan fingerprint density at radius 2 is 1.86 bits per heavy atom. The van der Waals surface area contributed by atoms with Crippen LogP contribution in [0.1, 0.15) is 12.8 Å². The number of thiazole rings is 1. The predicted molar refractivity (Wildman–Crippen MR) is 88.8 cm³/mol. The van der Waals surface area contributed by atoms with Crippen molar-refractivity contribution in [1.82, 2.24) is 4.98 Å². The van der Waals surface area contributed by atoms with Crippen LogP contribution in [-0.4, -0.2) is 18.1 Å². The summed E-state index contributed by atoms with van der Waals surface area (Å²) in [4.78, 5) is 4.75. The maximum atomic E-state index is 5.86. The molecule has 1 aromatic heterocycles. The number of para-hydroxylation sites is 1. The molecule has 0 aliphatic rings. The average molecular weight is 298 g/mol. The van der Waals surface area contributed by atoms with Crippen LogP contribution in [0.25, 0.3) is 20.8 Å². The topological polar surface area (TPSA) is 48.1 Å². The highest BCUT2D eigenvalue weighted by Crippen LogP contribution is 2.34. The summed E-state index contributed by atoms with van der Waals surface area (Å²) in [6.45, 7) is 1.40. The number of rotatable bonds is 6. The van der Waals surface area contributed by atoms with Gasteiger partial charge in [-0.25, -0.2) is 4.98 Å². The normalized spacial score (nSPS) is 10.9. The van der Waals surface area contributed by atoms with Crippen molar-refractivity contribution in [2.45, 2.75) is 12.8 Å². The highest BCUT2D eigenvalue weighted by Gasteiger charge is 2.10. The van der Waals surface area contributed by atoms with Crippen LogP contribution in [0.3, 0.4) is 0 Å². The molecular weight excluding hydrogens is 280 g/mol. The van der Waals surface area contributed by atoms with E-state index in [9.17, 15) is 0 Å². The number of fused-ring (bicyclic) bond motifs is 1. The van der Waals surface area contributed by atoms with Gasteiger partial charge in [0.15, 0.2) is 0 Å². The molecule has 0 fully saturated rings. The van der Waals surface area contributed by atoms with Crippen molar-refractivity contribution in [1.29, 1.82) is 0 Å². The van der Waals surface area contributed by atoms with Crippen LogP contribution in [0.5, 0.6) is 5.75 Å². The van der Waals surface area contributed by atoms with Crippen molar-refractivity contribution < 1.29 is 4.74 Å². The van der Waals surface area contributed by atoms with Gasteiger partial charge in [-0.05, 0) is 31.5 Å². The van der Waals surface area contributed by atoms with Gasteiger partial charge >= 0.3 is 0 Å². The predicted octanol–water partition coefficient (Wildman–Crippen LogP) is 4.08. The number of hydrogen-bond acceptors (Lipinski definition) is 4. The minimum absolute atomic E-state index is 0.689. The molecular formula is C17H18N2OS. The summed E-state index contributed by atoms with van der Waals surface area (Å²) in [5, 5.41) is 1.03. The van der Waals surface area contributed by atoms with Crippen LogP contribution in [-0.2, 0) is 0 Å². The highest BCUT2D eigenvalue weighted by atomic mass is 32.1. The van der Waals surface area contributed by atoms with Crippen molar-refractivity contribution in [2.75, 3.05) is 13.2 Å². The first-order chi connectivity index (χ1) is 10.4. The zero-order valence-corrected chi connectivity index (χ0v) is 12.6. The summed E-state index contributed by atoms with van der Waals surface area (Å²) in [6, 6.07) is 16.3. The van der Waals surface area contributed by atoms with Gasteiger partial charge in [0.05, 0.1) is 11.3 Å². The highest BCUT2D eigenvalue weighted by molar-refractivity contribution is 7.21. The first kappa shape index (κ1) is 14.0. The summed E-state index contributed by atoms with van der Waals surface area (Å²) in [6.07, 6.45) is 1.96.